The first kappa shape index (κ1) is 15.2. The number of hydrogen-bond donors (Lipinski definition) is 2. The molecule has 2 aromatic carbocycles. The highest BCUT2D eigenvalue weighted by atomic mass is 16.2. The maximum atomic E-state index is 12.5. The Kier molecular flexibility index (Phi) is 3.82. The average Bonchev–Trinajstić information content (AvgIpc) is 3.04. The van der Waals surface area contributed by atoms with Crippen molar-refractivity contribution in [2.45, 2.75) is 6.54 Å². The number of para-hydroxylation sites is 2. The largest absolute Gasteiger partial charge is 0.350 e. The van der Waals surface area contributed by atoms with Crippen LogP contribution in [0.25, 0.3) is 21.8 Å². The first-order valence-electron chi connectivity index (χ1n) is 8.16. The van der Waals surface area contributed by atoms with Crippen molar-refractivity contribution >= 4 is 27.7 Å². The van der Waals surface area contributed by atoms with Crippen LogP contribution in [0.5, 0.6) is 0 Å². The molecule has 0 aliphatic rings. The molecule has 0 aliphatic heterocycles. The van der Waals surface area contributed by atoms with Crippen molar-refractivity contribution in [2.24, 2.45) is 0 Å². The lowest BCUT2D eigenvalue weighted by atomic mass is 10.1. The van der Waals surface area contributed by atoms with Crippen LogP contribution in [-0.4, -0.2) is 22.0 Å². The van der Waals surface area contributed by atoms with Gasteiger partial charge in [0.25, 0.3) is 5.91 Å². The lowest BCUT2D eigenvalue weighted by Gasteiger charge is -2.09. The van der Waals surface area contributed by atoms with E-state index in [4.69, 9.17) is 0 Å². The molecule has 4 aromatic rings. The number of pyridine rings is 1. The molecule has 5 nitrogen and oxygen atoms in total. The number of carbonyl (C=O) groups excluding carboxylic acids is 1. The van der Waals surface area contributed by atoms with E-state index in [-0.39, 0.29) is 11.5 Å². The molecule has 0 saturated carbocycles. The summed E-state index contributed by atoms with van der Waals surface area (Å²) < 4.78 is 2.10. The number of amides is 1. The van der Waals surface area contributed by atoms with Crippen LogP contribution >= 0.6 is 0 Å². The maximum Gasteiger partial charge on any atom is 0.252 e. The van der Waals surface area contributed by atoms with Crippen molar-refractivity contribution in [3.05, 3.63) is 82.8 Å². The molecule has 0 aliphatic carbocycles. The minimum atomic E-state index is -0.278. The fourth-order valence-electron chi connectivity index (χ4n) is 3.11. The van der Waals surface area contributed by atoms with E-state index in [2.05, 4.69) is 33.1 Å². The second kappa shape index (κ2) is 6.28. The molecule has 2 N–H and O–H groups in total. The molecule has 0 atom stereocenters. The van der Waals surface area contributed by atoms with E-state index in [1.54, 1.807) is 6.07 Å². The summed E-state index contributed by atoms with van der Waals surface area (Å²) in [5.41, 5.74) is 1.92. The third-order valence-corrected chi connectivity index (χ3v) is 4.31. The van der Waals surface area contributed by atoms with E-state index in [0.29, 0.717) is 24.2 Å². The molecular formula is C20H17N3O2. The summed E-state index contributed by atoms with van der Waals surface area (Å²) in [6.07, 6.45) is 2.01. The van der Waals surface area contributed by atoms with Gasteiger partial charge in [0.2, 0.25) is 5.56 Å². The molecule has 124 valence electrons. The Morgan fingerprint density at radius 3 is 2.76 bits per heavy atom. The molecule has 0 unspecified atom stereocenters. The fourth-order valence-corrected chi connectivity index (χ4v) is 3.11. The molecule has 4 rings (SSSR count). The standard InChI is InChI=1S/C20H17N3O2/c24-19-13-16(15-6-2-3-7-17(15)22-19)20(25)21-10-12-23-11-9-14-5-1-4-8-18(14)23/h1-9,11,13H,10,12H2,(H,21,25)(H,22,24). The number of nitrogens with one attached hydrogen (secondary N) is 2. The van der Waals surface area contributed by atoms with Crippen molar-refractivity contribution in [1.82, 2.24) is 14.9 Å². The van der Waals surface area contributed by atoms with Gasteiger partial charge in [-0.2, -0.15) is 0 Å². The number of hydrogen-bond acceptors (Lipinski definition) is 2. The van der Waals surface area contributed by atoms with Crippen LogP contribution in [0.3, 0.4) is 0 Å². The predicted octanol–water partition coefficient (Wildman–Crippen LogP) is 2.91. The molecule has 0 spiro atoms. The molecular weight excluding hydrogens is 314 g/mol. The Morgan fingerprint density at radius 2 is 1.84 bits per heavy atom. The summed E-state index contributed by atoms with van der Waals surface area (Å²) in [6, 6.07) is 18.8. The summed E-state index contributed by atoms with van der Waals surface area (Å²) in [5, 5.41) is 4.83. The van der Waals surface area contributed by atoms with Crippen LogP contribution in [0.15, 0.2) is 71.7 Å². The third-order valence-electron chi connectivity index (χ3n) is 4.31. The van der Waals surface area contributed by atoms with Gasteiger partial charge in [0.1, 0.15) is 0 Å². The Hall–Kier alpha value is -3.34. The Bertz CT molecular complexity index is 1120. The normalized spacial score (nSPS) is 11.0. The third kappa shape index (κ3) is 2.92. The SMILES string of the molecule is O=C(NCCn1ccc2ccccc21)c1cc(=O)[nH]c2ccccc12. The topological polar surface area (TPSA) is 66.9 Å². The minimum Gasteiger partial charge on any atom is -0.350 e. The van der Waals surface area contributed by atoms with E-state index in [1.807, 2.05) is 36.5 Å². The lowest BCUT2D eigenvalue weighted by Crippen LogP contribution is -2.28. The molecule has 2 heterocycles. The van der Waals surface area contributed by atoms with E-state index >= 15 is 0 Å². The number of nitrogens with zero attached hydrogens (tertiary/aromatic N) is 1. The van der Waals surface area contributed by atoms with Gasteiger partial charge >= 0.3 is 0 Å². The van der Waals surface area contributed by atoms with Gasteiger partial charge in [-0.05, 0) is 23.6 Å². The molecule has 0 saturated heterocycles. The smallest absolute Gasteiger partial charge is 0.252 e. The number of aromatic amines is 1. The minimum absolute atomic E-state index is 0.237. The van der Waals surface area contributed by atoms with Gasteiger partial charge in [0.05, 0.1) is 5.56 Å². The number of fused-ring (bicyclic) bond motifs is 2. The van der Waals surface area contributed by atoms with E-state index < -0.39 is 0 Å². The second-order valence-electron chi connectivity index (χ2n) is 5.92. The van der Waals surface area contributed by atoms with Gasteiger partial charge in [0, 0.05) is 41.8 Å². The monoisotopic (exact) mass is 331 g/mol. The van der Waals surface area contributed by atoms with Gasteiger partial charge < -0.3 is 14.9 Å². The number of rotatable bonds is 4. The Morgan fingerprint density at radius 1 is 1.04 bits per heavy atom. The van der Waals surface area contributed by atoms with Gasteiger partial charge in [0.15, 0.2) is 0 Å². The van der Waals surface area contributed by atoms with Crippen molar-refractivity contribution in [3.63, 3.8) is 0 Å². The summed E-state index contributed by atoms with van der Waals surface area (Å²) in [5.74, 6) is -0.237. The highest BCUT2D eigenvalue weighted by Crippen LogP contribution is 2.15. The van der Waals surface area contributed by atoms with E-state index in [9.17, 15) is 9.59 Å². The Balaban J connectivity index is 1.52. The maximum absolute atomic E-state index is 12.5. The number of benzene rings is 2. The molecule has 25 heavy (non-hydrogen) atoms. The summed E-state index contributed by atoms with van der Waals surface area (Å²) in [6.45, 7) is 1.15. The first-order valence-corrected chi connectivity index (χ1v) is 8.16. The zero-order chi connectivity index (χ0) is 17.2. The zero-order valence-corrected chi connectivity index (χ0v) is 13.5. The number of H-pyrrole nitrogens is 1. The van der Waals surface area contributed by atoms with Crippen molar-refractivity contribution < 1.29 is 4.79 Å². The van der Waals surface area contributed by atoms with Gasteiger partial charge in [-0.15, -0.1) is 0 Å². The lowest BCUT2D eigenvalue weighted by molar-refractivity contribution is 0.0954. The van der Waals surface area contributed by atoms with Crippen LogP contribution in [-0.2, 0) is 6.54 Å². The van der Waals surface area contributed by atoms with Crippen LogP contribution in [0, 0.1) is 0 Å². The van der Waals surface area contributed by atoms with Crippen molar-refractivity contribution in [3.8, 4) is 0 Å². The van der Waals surface area contributed by atoms with Crippen LogP contribution < -0.4 is 10.9 Å². The molecule has 1 amide bonds. The van der Waals surface area contributed by atoms with Crippen molar-refractivity contribution in [1.29, 1.82) is 0 Å². The predicted molar refractivity (Wildman–Crippen MR) is 98.8 cm³/mol. The summed E-state index contributed by atoms with van der Waals surface area (Å²) >= 11 is 0. The first-order chi connectivity index (χ1) is 12.2. The molecule has 2 aromatic heterocycles. The number of aromatic nitrogens is 2. The quantitative estimate of drug-likeness (QED) is 0.604. The zero-order valence-electron chi connectivity index (χ0n) is 13.5. The van der Waals surface area contributed by atoms with Crippen LogP contribution in [0.4, 0.5) is 0 Å². The number of carbonyl (C=O) groups is 1. The van der Waals surface area contributed by atoms with Gasteiger partial charge in [-0.25, -0.2) is 0 Å². The van der Waals surface area contributed by atoms with Crippen LogP contribution in [0.2, 0.25) is 0 Å². The second-order valence-corrected chi connectivity index (χ2v) is 5.92. The highest BCUT2D eigenvalue weighted by molar-refractivity contribution is 6.05. The van der Waals surface area contributed by atoms with Crippen LogP contribution in [0.1, 0.15) is 10.4 Å². The highest BCUT2D eigenvalue weighted by Gasteiger charge is 2.11. The van der Waals surface area contributed by atoms with Crippen molar-refractivity contribution in [2.75, 3.05) is 6.54 Å². The summed E-state index contributed by atoms with van der Waals surface area (Å²) in [7, 11) is 0. The molecule has 0 radical (unpaired) electrons. The van der Waals surface area contributed by atoms with E-state index in [0.717, 1.165) is 10.9 Å². The van der Waals surface area contributed by atoms with Gasteiger partial charge in [-0.3, -0.25) is 9.59 Å². The summed E-state index contributed by atoms with van der Waals surface area (Å²) in [4.78, 5) is 27.0. The molecule has 5 heteroatoms. The Labute approximate surface area is 143 Å². The van der Waals surface area contributed by atoms with Gasteiger partial charge in [-0.1, -0.05) is 36.4 Å². The average molecular weight is 331 g/mol. The molecule has 0 fully saturated rings. The fraction of sp³-hybridized carbons (Fsp3) is 0.100. The molecule has 0 bridgehead atoms. The van der Waals surface area contributed by atoms with E-state index in [1.165, 1.54) is 11.5 Å².